The molecule has 0 atom stereocenters. The molecule has 0 heterocycles. The predicted octanol–water partition coefficient (Wildman–Crippen LogP) is 3.75. The van der Waals surface area contributed by atoms with Crippen molar-refractivity contribution in [1.29, 1.82) is 0 Å². The second-order valence-corrected chi connectivity index (χ2v) is 3.78. The van der Waals surface area contributed by atoms with Crippen LogP contribution in [-0.2, 0) is 0 Å². The molecule has 0 saturated carbocycles. The fraction of sp³-hybridized carbons (Fsp3) is 0.333. The zero-order valence-corrected chi connectivity index (χ0v) is 8.28. The van der Waals surface area contributed by atoms with Crippen LogP contribution in [0.15, 0.2) is 23.1 Å². The van der Waals surface area contributed by atoms with Crippen LogP contribution in [0, 0.1) is 0 Å². The molecular formula is C9H11ClS. The predicted molar refractivity (Wildman–Crippen MR) is 52.8 cm³/mol. The normalized spacial score (nSPS) is 10.6. The highest BCUT2D eigenvalue weighted by atomic mass is 35.5. The van der Waals surface area contributed by atoms with E-state index in [1.807, 2.05) is 18.2 Å². The van der Waals surface area contributed by atoms with Crippen LogP contribution < -0.4 is 0 Å². The molecule has 0 bridgehead atoms. The molecule has 0 saturated heterocycles. The van der Waals surface area contributed by atoms with Crippen molar-refractivity contribution in [2.75, 3.05) is 0 Å². The van der Waals surface area contributed by atoms with E-state index < -0.39 is 0 Å². The van der Waals surface area contributed by atoms with Gasteiger partial charge in [-0.3, -0.25) is 0 Å². The maximum absolute atomic E-state index is 5.83. The van der Waals surface area contributed by atoms with Crippen molar-refractivity contribution in [3.63, 3.8) is 0 Å². The first-order chi connectivity index (χ1) is 5.11. The van der Waals surface area contributed by atoms with Crippen molar-refractivity contribution in [3.8, 4) is 0 Å². The van der Waals surface area contributed by atoms with Crippen LogP contribution in [0.2, 0.25) is 5.02 Å². The first-order valence-electron chi connectivity index (χ1n) is 3.59. The Morgan fingerprint density at radius 3 is 2.45 bits per heavy atom. The summed E-state index contributed by atoms with van der Waals surface area (Å²) in [5, 5.41) is 0.784. The molecule has 60 valence electrons. The van der Waals surface area contributed by atoms with Gasteiger partial charge in [-0.15, -0.1) is 12.6 Å². The van der Waals surface area contributed by atoms with Gasteiger partial charge in [-0.05, 0) is 29.7 Å². The highest BCUT2D eigenvalue weighted by Gasteiger charge is 2.03. The minimum atomic E-state index is 0.487. The van der Waals surface area contributed by atoms with Crippen LogP contribution in [0.25, 0.3) is 0 Å². The van der Waals surface area contributed by atoms with Gasteiger partial charge in [0.2, 0.25) is 0 Å². The number of hydrogen-bond donors (Lipinski definition) is 1. The van der Waals surface area contributed by atoms with Crippen molar-refractivity contribution in [1.82, 2.24) is 0 Å². The van der Waals surface area contributed by atoms with Crippen molar-refractivity contribution in [2.24, 2.45) is 0 Å². The Hall–Kier alpha value is -0.140. The fourth-order valence-corrected chi connectivity index (χ4v) is 1.57. The second-order valence-electron chi connectivity index (χ2n) is 2.86. The van der Waals surface area contributed by atoms with Crippen molar-refractivity contribution < 1.29 is 0 Å². The monoisotopic (exact) mass is 186 g/mol. The number of hydrogen-bond acceptors (Lipinski definition) is 1. The molecule has 0 unspecified atom stereocenters. The summed E-state index contributed by atoms with van der Waals surface area (Å²) in [6, 6.07) is 5.76. The molecule has 0 aliphatic heterocycles. The van der Waals surface area contributed by atoms with Gasteiger partial charge in [0, 0.05) is 9.92 Å². The summed E-state index contributed by atoms with van der Waals surface area (Å²) in [7, 11) is 0. The lowest BCUT2D eigenvalue weighted by atomic mass is 10.0. The van der Waals surface area contributed by atoms with Gasteiger partial charge in [-0.25, -0.2) is 0 Å². The van der Waals surface area contributed by atoms with Crippen LogP contribution in [-0.4, -0.2) is 0 Å². The molecule has 0 spiro atoms. The second kappa shape index (κ2) is 3.51. The Bertz CT molecular complexity index is 256. The lowest BCUT2D eigenvalue weighted by Crippen LogP contribution is -1.88. The zero-order chi connectivity index (χ0) is 8.43. The van der Waals surface area contributed by atoms with Crippen LogP contribution in [0.5, 0.6) is 0 Å². The van der Waals surface area contributed by atoms with Gasteiger partial charge in [-0.2, -0.15) is 0 Å². The molecule has 0 N–H and O–H groups in total. The first-order valence-corrected chi connectivity index (χ1v) is 4.42. The maximum atomic E-state index is 5.83. The largest absolute Gasteiger partial charge is 0.143 e. The summed E-state index contributed by atoms with van der Waals surface area (Å²) in [5.41, 5.74) is 1.21. The molecule has 0 aromatic heterocycles. The summed E-state index contributed by atoms with van der Waals surface area (Å²) < 4.78 is 0. The van der Waals surface area contributed by atoms with Crippen molar-refractivity contribution in [3.05, 3.63) is 28.8 Å². The topological polar surface area (TPSA) is 0 Å². The van der Waals surface area contributed by atoms with Gasteiger partial charge in [0.05, 0.1) is 0 Å². The van der Waals surface area contributed by atoms with E-state index in [4.69, 9.17) is 11.6 Å². The van der Waals surface area contributed by atoms with E-state index in [0.29, 0.717) is 5.92 Å². The Balaban J connectivity index is 3.13. The van der Waals surface area contributed by atoms with Gasteiger partial charge < -0.3 is 0 Å². The summed E-state index contributed by atoms with van der Waals surface area (Å²) in [5.74, 6) is 0.487. The Kier molecular flexibility index (Phi) is 2.85. The van der Waals surface area contributed by atoms with E-state index in [9.17, 15) is 0 Å². The smallest absolute Gasteiger partial charge is 0.0409 e. The van der Waals surface area contributed by atoms with Gasteiger partial charge in [0.15, 0.2) is 0 Å². The highest BCUT2D eigenvalue weighted by molar-refractivity contribution is 7.80. The van der Waals surface area contributed by atoms with Crippen LogP contribution in [0.4, 0.5) is 0 Å². The molecule has 1 aromatic rings. The lowest BCUT2D eigenvalue weighted by Gasteiger charge is -2.08. The molecule has 2 heteroatoms. The lowest BCUT2D eigenvalue weighted by molar-refractivity contribution is 0.843. The molecule has 0 aliphatic rings. The third-order valence-electron chi connectivity index (χ3n) is 1.61. The highest BCUT2D eigenvalue weighted by Crippen LogP contribution is 2.25. The zero-order valence-electron chi connectivity index (χ0n) is 6.63. The van der Waals surface area contributed by atoms with Crippen molar-refractivity contribution in [2.45, 2.75) is 24.7 Å². The SMILES string of the molecule is CC(C)c1cc(Cl)ccc1S. The molecule has 11 heavy (non-hydrogen) atoms. The summed E-state index contributed by atoms with van der Waals surface area (Å²) in [4.78, 5) is 1.02. The van der Waals surface area contributed by atoms with E-state index in [2.05, 4.69) is 26.5 Å². The third kappa shape index (κ3) is 2.14. The molecule has 0 aliphatic carbocycles. The summed E-state index contributed by atoms with van der Waals surface area (Å²) in [6.07, 6.45) is 0. The van der Waals surface area contributed by atoms with E-state index >= 15 is 0 Å². The number of thiol groups is 1. The van der Waals surface area contributed by atoms with Gasteiger partial charge in [0.1, 0.15) is 0 Å². The Labute approximate surface area is 78.0 Å². The van der Waals surface area contributed by atoms with Gasteiger partial charge in [-0.1, -0.05) is 25.4 Å². The van der Waals surface area contributed by atoms with Crippen LogP contribution >= 0.6 is 24.2 Å². The number of rotatable bonds is 1. The average Bonchev–Trinajstić information content (AvgIpc) is 1.94. The summed E-state index contributed by atoms with van der Waals surface area (Å²) >= 11 is 10.2. The molecule has 1 rings (SSSR count). The quantitative estimate of drug-likeness (QED) is 0.635. The van der Waals surface area contributed by atoms with Gasteiger partial charge in [0.25, 0.3) is 0 Å². The molecule has 0 amide bonds. The standard InChI is InChI=1S/C9H11ClS/c1-6(2)8-5-7(10)3-4-9(8)11/h3-6,11H,1-2H3. The molecule has 0 radical (unpaired) electrons. The maximum Gasteiger partial charge on any atom is 0.0409 e. The average molecular weight is 187 g/mol. The number of benzene rings is 1. The van der Waals surface area contributed by atoms with E-state index in [1.165, 1.54) is 5.56 Å². The van der Waals surface area contributed by atoms with Crippen LogP contribution in [0.1, 0.15) is 25.3 Å². The Morgan fingerprint density at radius 1 is 1.36 bits per heavy atom. The third-order valence-corrected chi connectivity index (χ3v) is 2.25. The van der Waals surface area contributed by atoms with E-state index in [0.717, 1.165) is 9.92 Å². The summed E-state index contributed by atoms with van der Waals surface area (Å²) in [6.45, 7) is 4.26. The molecule has 1 aromatic carbocycles. The molecule has 0 fully saturated rings. The minimum absolute atomic E-state index is 0.487. The van der Waals surface area contributed by atoms with Gasteiger partial charge >= 0.3 is 0 Å². The molecular weight excluding hydrogens is 176 g/mol. The molecule has 0 nitrogen and oxygen atoms in total. The fourth-order valence-electron chi connectivity index (χ4n) is 0.988. The minimum Gasteiger partial charge on any atom is -0.143 e. The Morgan fingerprint density at radius 2 is 2.00 bits per heavy atom. The van der Waals surface area contributed by atoms with Crippen molar-refractivity contribution >= 4 is 24.2 Å². The first kappa shape index (κ1) is 8.95. The van der Waals surface area contributed by atoms with Crippen LogP contribution in [0.3, 0.4) is 0 Å². The number of halogens is 1. The van der Waals surface area contributed by atoms with E-state index in [-0.39, 0.29) is 0 Å². The van der Waals surface area contributed by atoms with E-state index in [1.54, 1.807) is 0 Å².